The van der Waals surface area contributed by atoms with Crippen LogP contribution in [0.5, 0.6) is 0 Å². The van der Waals surface area contributed by atoms with Crippen molar-refractivity contribution < 1.29 is 9.59 Å². The standard InChI is InChI=1S/C15H22N4O2/c1-2-14(20)18-6-3-7-19(9-8-18)15(21)12-4-5-17-13(10-12)11-16/h4-5,10H,2-3,6-9,11,16H2,1H3. The third-order valence-electron chi connectivity index (χ3n) is 3.71. The van der Waals surface area contributed by atoms with Crippen molar-refractivity contribution in [1.29, 1.82) is 0 Å². The zero-order chi connectivity index (χ0) is 15.2. The van der Waals surface area contributed by atoms with Gasteiger partial charge in [0, 0.05) is 50.9 Å². The normalized spacial score (nSPS) is 15.7. The fourth-order valence-corrected chi connectivity index (χ4v) is 2.50. The number of hydrogen-bond donors (Lipinski definition) is 1. The van der Waals surface area contributed by atoms with Crippen molar-refractivity contribution in [2.24, 2.45) is 5.73 Å². The molecule has 1 aliphatic heterocycles. The van der Waals surface area contributed by atoms with Gasteiger partial charge in [-0.3, -0.25) is 14.6 Å². The predicted octanol–water partition coefficient (Wildman–Crippen LogP) is 0.625. The maximum Gasteiger partial charge on any atom is 0.254 e. The lowest BCUT2D eigenvalue weighted by Gasteiger charge is -2.22. The zero-order valence-corrected chi connectivity index (χ0v) is 12.4. The van der Waals surface area contributed by atoms with Crippen molar-refractivity contribution in [2.75, 3.05) is 26.2 Å². The minimum Gasteiger partial charge on any atom is -0.341 e. The lowest BCUT2D eigenvalue weighted by atomic mass is 10.2. The fraction of sp³-hybridized carbons (Fsp3) is 0.533. The Morgan fingerprint density at radius 2 is 1.95 bits per heavy atom. The Labute approximate surface area is 124 Å². The number of pyridine rings is 1. The van der Waals surface area contributed by atoms with Gasteiger partial charge in [0.05, 0.1) is 5.69 Å². The van der Waals surface area contributed by atoms with Crippen LogP contribution >= 0.6 is 0 Å². The van der Waals surface area contributed by atoms with Gasteiger partial charge in [0.1, 0.15) is 0 Å². The number of aromatic nitrogens is 1. The summed E-state index contributed by atoms with van der Waals surface area (Å²) in [6.07, 6.45) is 2.94. The maximum absolute atomic E-state index is 12.5. The van der Waals surface area contributed by atoms with Crippen LogP contribution in [0.4, 0.5) is 0 Å². The molecule has 0 radical (unpaired) electrons. The summed E-state index contributed by atoms with van der Waals surface area (Å²) in [5, 5.41) is 0. The summed E-state index contributed by atoms with van der Waals surface area (Å²) in [6.45, 7) is 4.76. The molecule has 2 amide bonds. The van der Waals surface area contributed by atoms with E-state index >= 15 is 0 Å². The number of hydrogen-bond acceptors (Lipinski definition) is 4. The summed E-state index contributed by atoms with van der Waals surface area (Å²) in [4.78, 5) is 32.0. The van der Waals surface area contributed by atoms with Crippen LogP contribution in [0.15, 0.2) is 18.3 Å². The van der Waals surface area contributed by atoms with Crippen LogP contribution in [0.25, 0.3) is 0 Å². The van der Waals surface area contributed by atoms with Crippen molar-refractivity contribution in [2.45, 2.75) is 26.3 Å². The number of nitrogens with zero attached hydrogens (tertiary/aromatic N) is 3. The van der Waals surface area contributed by atoms with E-state index in [2.05, 4.69) is 4.98 Å². The molecule has 1 aromatic rings. The summed E-state index contributed by atoms with van der Waals surface area (Å²) in [5.74, 6) is 0.136. The third kappa shape index (κ3) is 3.78. The monoisotopic (exact) mass is 290 g/mol. The Morgan fingerprint density at radius 3 is 2.67 bits per heavy atom. The molecule has 6 heteroatoms. The predicted molar refractivity (Wildman–Crippen MR) is 79.5 cm³/mol. The molecule has 0 aromatic carbocycles. The minimum atomic E-state index is -0.0158. The number of nitrogens with two attached hydrogens (primary N) is 1. The van der Waals surface area contributed by atoms with Crippen LogP contribution in [0, 0.1) is 0 Å². The van der Waals surface area contributed by atoms with Crippen LogP contribution in [-0.2, 0) is 11.3 Å². The molecule has 0 aliphatic carbocycles. The van der Waals surface area contributed by atoms with Crippen LogP contribution in [0.2, 0.25) is 0 Å². The quantitative estimate of drug-likeness (QED) is 0.885. The molecule has 0 atom stereocenters. The first-order valence-electron chi connectivity index (χ1n) is 7.37. The summed E-state index contributed by atoms with van der Waals surface area (Å²) < 4.78 is 0. The second-order valence-corrected chi connectivity index (χ2v) is 5.12. The van der Waals surface area contributed by atoms with Crippen molar-refractivity contribution in [3.8, 4) is 0 Å². The van der Waals surface area contributed by atoms with E-state index in [0.29, 0.717) is 43.9 Å². The minimum absolute atomic E-state index is 0.0158. The number of rotatable bonds is 3. The Morgan fingerprint density at radius 1 is 1.24 bits per heavy atom. The molecule has 114 valence electrons. The highest BCUT2D eigenvalue weighted by Crippen LogP contribution is 2.10. The molecule has 1 saturated heterocycles. The first kappa shape index (κ1) is 15.4. The van der Waals surface area contributed by atoms with Gasteiger partial charge in [-0.15, -0.1) is 0 Å². The average molecular weight is 290 g/mol. The highest BCUT2D eigenvalue weighted by molar-refractivity contribution is 5.94. The molecule has 0 unspecified atom stereocenters. The summed E-state index contributed by atoms with van der Waals surface area (Å²) >= 11 is 0. The number of carbonyl (C=O) groups is 2. The lowest BCUT2D eigenvalue weighted by Crippen LogP contribution is -2.37. The molecular weight excluding hydrogens is 268 g/mol. The first-order valence-corrected chi connectivity index (χ1v) is 7.37. The van der Waals surface area contributed by atoms with Gasteiger partial charge in [-0.25, -0.2) is 0 Å². The average Bonchev–Trinajstić information content (AvgIpc) is 2.79. The molecular formula is C15H22N4O2. The first-order chi connectivity index (χ1) is 10.2. The van der Waals surface area contributed by atoms with E-state index in [4.69, 9.17) is 5.73 Å². The van der Waals surface area contributed by atoms with Gasteiger partial charge in [-0.1, -0.05) is 6.92 Å². The Bertz CT molecular complexity index is 518. The molecule has 6 nitrogen and oxygen atoms in total. The van der Waals surface area contributed by atoms with E-state index in [1.54, 1.807) is 23.2 Å². The van der Waals surface area contributed by atoms with Crippen LogP contribution < -0.4 is 5.73 Å². The van der Waals surface area contributed by atoms with Crippen LogP contribution in [0.1, 0.15) is 35.8 Å². The van der Waals surface area contributed by atoms with E-state index in [1.807, 2.05) is 11.8 Å². The molecule has 1 aliphatic rings. The van der Waals surface area contributed by atoms with Crippen LogP contribution in [-0.4, -0.2) is 52.8 Å². The lowest BCUT2D eigenvalue weighted by molar-refractivity contribution is -0.130. The highest BCUT2D eigenvalue weighted by atomic mass is 16.2. The zero-order valence-electron chi connectivity index (χ0n) is 12.4. The van der Waals surface area contributed by atoms with Gasteiger partial charge >= 0.3 is 0 Å². The summed E-state index contributed by atoms with van der Waals surface area (Å²) in [6, 6.07) is 3.45. The molecule has 2 N–H and O–H groups in total. The van der Waals surface area contributed by atoms with E-state index in [9.17, 15) is 9.59 Å². The van der Waals surface area contributed by atoms with E-state index in [1.165, 1.54) is 0 Å². The van der Waals surface area contributed by atoms with E-state index < -0.39 is 0 Å². The van der Waals surface area contributed by atoms with Crippen molar-refractivity contribution in [3.05, 3.63) is 29.6 Å². The van der Waals surface area contributed by atoms with E-state index in [0.717, 1.165) is 13.0 Å². The second kappa shape index (κ2) is 7.17. The molecule has 0 bridgehead atoms. The molecule has 1 aromatic heterocycles. The molecule has 0 spiro atoms. The van der Waals surface area contributed by atoms with Crippen molar-refractivity contribution in [1.82, 2.24) is 14.8 Å². The molecule has 21 heavy (non-hydrogen) atoms. The summed E-state index contributed by atoms with van der Waals surface area (Å²) in [5.41, 5.74) is 6.88. The SMILES string of the molecule is CCC(=O)N1CCCN(C(=O)c2ccnc(CN)c2)CC1. The third-order valence-corrected chi connectivity index (χ3v) is 3.71. The van der Waals surface area contributed by atoms with Gasteiger partial charge in [-0.2, -0.15) is 0 Å². The van der Waals surface area contributed by atoms with Gasteiger partial charge in [0.25, 0.3) is 5.91 Å². The Kier molecular flexibility index (Phi) is 5.27. The van der Waals surface area contributed by atoms with Gasteiger partial charge < -0.3 is 15.5 Å². The number of carbonyl (C=O) groups excluding carboxylic acids is 2. The Balaban J connectivity index is 2.04. The number of amides is 2. The topological polar surface area (TPSA) is 79.5 Å². The van der Waals surface area contributed by atoms with E-state index in [-0.39, 0.29) is 11.8 Å². The second-order valence-electron chi connectivity index (χ2n) is 5.12. The van der Waals surface area contributed by atoms with Gasteiger partial charge in [0.2, 0.25) is 5.91 Å². The molecule has 1 fully saturated rings. The molecule has 2 heterocycles. The summed E-state index contributed by atoms with van der Waals surface area (Å²) in [7, 11) is 0. The van der Waals surface area contributed by atoms with Gasteiger partial charge in [-0.05, 0) is 18.6 Å². The fourth-order valence-electron chi connectivity index (χ4n) is 2.50. The molecule has 2 rings (SSSR count). The van der Waals surface area contributed by atoms with Crippen LogP contribution in [0.3, 0.4) is 0 Å². The van der Waals surface area contributed by atoms with Crippen molar-refractivity contribution >= 4 is 11.8 Å². The Hall–Kier alpha value is -1.95. The van der Waals surface area contributed by atoms with Crippen molar-refractivity contribution in [3.63, 3.8) is 0 Å². The largest absolute Gasteiger partial charge is 0.341 e. The smallest absolute Gasteiger partial charge is 0.254 e. The maximum atomic E-state index is 12.5. The molecule has 0 saturated carbocycles. The van der Waals surface area contributed by atoms with Gasteiger partial charge in [0.15, 0.2) is 0 Å². The highest BCUT2D eigenvalue weighted by Gasteiger charge is 2.22.